The van der Waals surface area contributed by atoms with E-state index in [1.54, 1.807) is 7.05 Å². The molecule has 0 aromatic heterocycles. The zero-order valence-corrected chi connectivity index (χ0v) is 9.39. The van der Waals surface area contributed by atoms with Crippen LogP contribution in [0, 0.1) is 5.41 Å². The van der Waals surface area contributed by atoms with Crippen LogP contribution in [0.3, 0.4) is 0 Å². The van der Waals surface area contributed by atoms with Gasteiger partial charge in [-0.1, -0.05) is 20.8 Å². The lowest BCUT2D eigenvalue weighted by atomic mass is 9.72. The lowest BCUT2D eigenvalue weighted by Crippen LogP contribution is -2.38. The minimum absolute atomic E-state index is 0.0224. The highest BCUT2D eigenvalue weighted by Crippen LogP contribution is 2.44. The normalized spacial score (nSPS) is 22.2. The van der Waals surface area contributed by atoms with Crippen molar-refractivity contribution < 1.29 is 9.68 Å². The second-order valence-electron chi connectivity index (χ2n) is 4.21. The maximum absolute atomic E-state index is 5.24. The smallest absolute Gasteiger partial charge is 0.154 e. The lowest BCUT2D eigenvalue weighted by molar-refractivity contribution is -0.0479. The van der Waals surface area contributed by atoms with Crippen LogP contribution in [0.15, 0.2) is 11.3 Å². The van der Waals surface area contributed by atoms with Gasteiger partial charge in [-0.05, 0) is 17.4 Å². The number of nitrogens with one attached hydrogen (secondary N) is 1. The molecule has 0 saturated heterocycles. The van der Waals surface area contributed by atoms with Gasteiger partial charge < -0.3 is 4.84 Å². The van der Waals surface area contributed by atoms with Crippen molar-refractivity contribution in [2.75, 3.05) is 7.05 Å². The molecular formula is C10H20N2O2. The molecule has 0 bridgehead atoms. The maximum atomic E-state index is 5.24. The summed E-state index contributed by atoms with van der Waals surface area (Å²) < 4.78 is 0. The van der Waals surface area contributed by atoms with Crippen molar-refractivity contribution in [3.63, 3.8) is 0 Å². The molecule has 3 N–H and O–H groups in total. The highest BCUT2D eigenvalue weighted by atomic mass is 16.7. The summed E-state index contributed by atoms with van der Waals surface area (Å²) in [4.78, 5) is 10.1. The van der Waals surface area contributed by atoms with Crippen LogP contribution >= 0.6 is 0 Å². The van der Waals surface area contributed by atoms with Crippen molar-refractivity contribution in [2.45, 2.75) is 39.7 Å². The van der Waals surface area contributed by atoms with Crippen LogP contribution in [0.1, 0.15) is 33.6 Å². The highest BCUT2D eigenvalue weighted by Gasteiger charge is 2.40. The second kappa shape index (κ2) is 4.29. The molecule has 1 atom stereocenters. The molecule has 0 fully saturated rings. The Bertz CT molecular complexity index is 236. The zero-order valence-electron chi connectivity index (χ0n) is 9.39. The fraction of sp³-hybridized carbons (Fsp3) is 0.800. The monoisotopic (exact) mass is 200 g/mol. The van der Waals surface area contributed by atoms with Crippen molar-refractivity contribution in [3.8, 4) is 0 Å². The number of nitrogens with two attached hydrogens (primary N) is 1. The largest absolute Gasteiger partial charge is 0.413 e. The highest BCUT2D eigenvalue weighted by molar-refractivity contribution is 5.30. The maximum Gasteiger partial charge on any atom is 0.154 e. The van der Waals surface area contributed by atoms with Crippen LogP contribution in [-0.2, 0) is 9.68 Å². The molecule has 1 rings (SSSR count). The molecule has 0 aliphatic heterocycles. The fourth-order valence-corrected chi connectivity index (χ4v) is 1.65. The lowest BCUT2D eigenvalue weighted by Gasteiger charge is -2.38. The zero-order chi connectivity index (χ0) is 10.8. The van der Waals surface area contributed by atoms with Crippen molar-refractivity contribution in [1.82, 2.24) is 5.48 Å². The molecule has 1 aliphatic rings. The minimum Gasteiger partial charge on any atom is -0.413 e. The van der Waals surface area contributed by atoms with Gasteiger partial charge in [-0.3, -0.25) is 4.84 Å². The molecule has 4 heteroatoms. The molecular weight excluding hydrogens is 180 g/mol. The summed E-state index contributed by atoms with van der Waals surface area (Å²) in [5.41, 5.74) is 4.08. The SMILES string of the molecule is CCC(C)(C)C1=C(ON)C(ONC)C1. The Balaban J connectivity index is 2.75. The van der Waals surface area contributed by atoms with Gasteiger partial charge in [0.2, 0.25) is 0 Å². The van der Waals surface area contributed by atoms with Crippen LogP contribution in [0.2, 0.25) is 0 Å². The Labute approximate surface area is 85.4 Å². The van der Waals surface area contributed by atoms with Crippen LogP contribution in [0.4, 0.5) is 0 Å². The van der Waals surface area contributed by atoms with Gasteiger partial charge in [0, 0.05) is 13.5 Å². The van der Waals surface area contributed by atoms with Crippen LogP contribution in [0.25, 0.3) is 0 Å². The molecule has 4 nitrogen and oxygen atoms in total. The van der Waals surface area contributed by atoms with Crippen molar-refractivity contribution in [2.24, 2.45) is 11.3 Å². The Morgan fingerprint density at radius 1 is 1.57 bits per heavy atom. The molecule has 1 aliphatic carbocycles. The van der Waals surface area contributed by atoms with Gasteiger partial charge in [0.25, 0.3) is 0 Å². The molecule has 0 saturated carbocycles. The van der Waals surface area contributed by atoms with E-state index in [4.69, 9.17) is 15.6 Å². The Morgan fingerprint density at radius 2 is 2.21 bits per heavy atom. The van der Waals surface area contributed by atoms with Gasteiger partial charge in [-0.15, -0.1) is 0 Å². The van der Waals surface area contributed by atoms with Crippen molar-refractivity contribution in [3.05, 3.63) is 11.3 Å². The third kappa shape index (κ3) is 1.92. The molecule has 0 aromatic rings. The van der Waals surface area contributed by atoms with Gasteiger partial charge in [0.05, 0.1) is 0 Å². The van der Waals surface area contributed by atoms with Crippen LogP contribution in [0.5, 0.6) is 0 Å². The number of rotatable bonds is 5. The van der Waals surface area contributed by atoms with Gasteiger partial charge in [0.1, 0.15) is 6.10 Å². The first kappa shape index (κ1) is 11.5. The first-order valence-electron chi connectivity index (χ1n) is 4.99. The van der Waals surface area contributed by atoms with E-state index in [0.717, 1.165) is 18.6 Å². The average Bonchev–Trinajstić information content (AvgIpc) is 2.12. The molecule has 1 unspecified atom stereocenters. The Kier molecular flexibility index (Phi) is 3.53. The first-order valence-corrected chi connectivity index (χ1v) is 4.99. The summed E-state index contributed by atoms with van der Waals surface area (Å²) in [6.07, 6.45) is 1.95. The molecule has 0 aromatic carbocycles. The summed E-state index contributed by atoms with van der Waals surface area (Å²) in [5.74, 6) is 6.01. The standard InChI is InChI=1S/C10H20N2O2/c1-5-10(2,3)7-6-8(14-12-4)9(7)13-11/h8,12H,5-6,11H2,1-4H3. The van der Waals surface area contributed by atoms with Crippen molar-refractivity contribution in [1.29, 1.82) is 0 Å². The predicted molar refractivity (Wildman–Crippen MR) is 54.9 cm³/mol. The third-order valence-corrected chi connectivity index (χ3v) is 3.07. The summed E-state index contributed by atoms with van der Waals surface area (Å²) in [5, 5.41) is 0. The van der Waals surface area contributed by atoms with E-state index in [2.05, 4.69) is 26.3 Å². The van der Waals surface area contributed by atoms with E-state index in [0.29, 0.717) is 0 Å². The van der Waals surface area contributed by atoms with E-state index in [1.807, 2.05) is 0 Å². The molecule has 0 amide bonds. The van der Waals surface area contributed by atoms with Gasteiger partial charge >= 0.3 is 0 Å². The van der Waals surface area contributed by atoms with Gasteiger partial charge in [0.15, 0.2) is 5.76 Å². The molecule has 0 radical (unpaired) electrons. The van der Waals surface area contributed by atoms with E-state index in [9.17, 15) is 0 Å². The Hall–Kier alpha value is -0.580. The van der Waals surface area contributed by atoms with E-state index < -0.39 is 0 Å². The second-order valence-corrected chi connectivity index (χ2v) is 4.21. The summed E-state index contributed by atoms with van der Waals surface area (Å²) in [6, 6.07) is 0. The fourth-order valence-electron chi connectivity index (χ4n) is 1.65. The third-order valence-electron chi connectivity index (χ3n) is 3.07. The average molecular weight is 200 g/mol. The number of hydroxylamine groups is 1. The first-order chi connectivity index (χ1) is 6.56. The molecule has 0 heterocycles. The Morgan fingerprint density at radius 3 is 2.64 bits per heavy atom. The minimum atomic E-state index is -0.0224. The van der Waals surface area contributed by atoms with E-state index >= 15 is 0 Å². The summed E-state index contributed by atoms with van der Waals surface area (Å²) >= 11 is 0. The summed E-state index contributed by atoms with van der Waals surface area (Å²) in [7, 11) is 1.73. The number of hydrogen-bond donors (Lipinski definition) is 2. The van der Waals surface area contributed by atoms with Gasteiger partial charge in [-0.2, -0.15) is 5.90 Å². The number of hydrogen-bond acceptors (Lipinski definition) is 4. The molecule has 82 valence electrons. The topological polar surface area (TPSA) is 56.5 Å². The van der Waals surface area contributed by atoms with E-state index in [-0.39, 0.29) is 11.5 Å². The predicted octanol–water partition coefficient (Wildman–Crippen LogP) is 1.49. The van der Waals surface area contributed by atoms with Crippen molar-refractivity contribution >= 4 is 0 Å². The van der Waals surface area contributed by atoms with Crippen LogP contribution in [-0.4, -0.2) is 13.2 Å². The van der Waals surface area contributed by atoms with E-state index in [1.165, 1.54) is 5.57 Å². The van der Waals surface area contributed by atoms with Crippen LogP contribution < -0.4 is 11.4 Å². The molecule has 0 spiro atoms. The summed E-state index contributed by atoms with van der Waals surface area (Å²) in [6.45, 7) is 6.54. The molecule has 14 heavy (non-hydrogen) atoms. The quantitative estimate of drug-likeness (QED) is 0.660. The van der Waals surface area contributed by atoms with Gasteiger partial charge in [-0.25, -0.2) is 5.48 Å².